The maximum absolute atomic E-state index is 12.0. The molecule has 0 radical (unpaired) electrons. The molecule has 27 heavy (non-hydrogen) atoms. The van der Waals surface area contributed by atoms with Crippen LogP contribution in [0.25, 0.3) is 11.1 Å². The Balaban J connectivity index is 1.24. The standard InChI is InChI=1S/C23H23N3O/c27-23(25-15-17-1-5-19(6-2-17)21-9-10-21)26-16-18-3-7-20(8-4-18)22-11-13-24-14-12-22/h1-8,11-14,21H,9-10,15-16H2,(H2,25,26,27). The molecule has 1 aromatic heterocycles. The molecule has 3 aromatic rings. The van der Waals surface area contributed by atoms with Gasteiger partial charge in [0.2, 0.25) is 0 Å². The number of rotatable bonds is 6. The Morgan fingerprint density at radius 3 is 1.85 bits per heavy atom. The molecule has 1 heterocycles. The molecule has 0 atom stereocenters. The molecule has 1 aliphatic rings. The van der Waals surface area contributed by atoms with Crippen molar-refractivity contribution >= 4 is 6.03 Å². The highest BCUT2D eigenvalue weighted by molar-refractivity contribution is 5.73. The fourth-order valence-corrected chi connectivity index (χ4v) is 3.11. The molecule has 4 heteroatoms. The largest absolute Gasteiger partial charge is 0.334 e. The molecule has 136 valence electrons. The Bertz CT molecular complexity index is 885. The van der Waals surface area contributed by atoms with Gasteiger partial charge in [-0.05, 0) is 58.7 Å². The number of carbonyl (C=O) groups excluding carboxylic acids is 1. The lowest BCUT2D eigenvalue weighted by molar-refractivity contribution is 0.240. The molecule has 1 saturated carbocycles. The second-order valence-corrected chi connectivity index (χ2v) is 6.98. The van der Waals surface area contributed by atoms with E-state index in [0.717, 1.165) is 28.2 Å². The number of nitrogens with zero attached hydrogens (tertiary/aromatic N) is 1. The van der Waals surface area contributed by atoms with Crippen LogP contribution in [0, 0.1) is 0 Å². The highest BCUT2D eigenvalue weighted by Gasteiger charge is 2.22. The van der Waals surface area contributed by atoms with E-state index in [0.29, 0.717) is 13.1 Å². The van der Waals surface area contributed by atoms with Crippen LogP contribution in [-0.2, 0) is 13.1 Å². The third-order valence-electron chi connectivity index (χ3n) is 4.90. The first kappa shape index (κ1) is 17.3. The molecule has 0 aliphatic heterocycles. The monoisotopic (exact) mass is 357 g/mol. The zero-order chi connectivity index (χ0) is 18.5. The Morgan fingerprint density at radius 2 is 1.30 bits per heavy atom. The average molecular weight is 357 g/mol. The van der Waals surface area contributed by atoms with E-state index in [1.807, 2.05) is 24.3 Å². The van der Waals surface area contributed by atoms with Crippen molar-refractivity contribution in [3.63, 3.8) is 0 Å². The summed E-state index contributed by atoms with van der Waals surface area (Å²) in [6, 6.07) is 20.6. The third kappa shape index (κ3) is 4.73. The van der Waals surface area contributed by atoms with Gasteiger partial charge in [0.15, 0.2) is 0 Å². The topological polar surface area (TPSA) is 54.0 Å². The molecule has 0 spiro atoms. The predicted octanol–water partition coefficient (Wildman–Crippen LogP) is 4.63. The maximum Gasteiger partial charge on any atom is 0.315 e. The number of hydrogen-bond acceptors (Lipinski definition) is 2. The Morgan fingerprint density at radius 1 is 0.778 bits per heavy atom. The highest BCUT2D eigenvalue weighted by Crippen LogP contribution is 2.39. The number of benzene rings is 2. The highest BCUT2D eigenvalue weighted by atomic mass is 16.2. The molecule has 0 bridgehead atoms. The number of amides is 2. The number of pyridine rings is 1. The summed E-state index contributed by atoms with van der Waals surface area (Å²) in [6.45, 7) is 1.04. The van der Waals surface area contributed by atoms with E-state index in [2.05, 4.69) is 52.0 Å². The zero-order valence-corrected chi connectivity index (χ0v) is 15.2. The van der Waals surface area contributed by atoms with Crippen LogP contribution in [0.1, 0.15) is 35.4 Å². The Hall–Kier alpha value is -3.14. The van der Waals surface area contributed by atoms with Crippen LogP contribution in [0.15, 0.2) is 73.1 Å². The lowest BCUT2D eigenvalue weighted by atomic mass is 10.1. The van der Waals surface area contributed by atoms with E-state index in [-0.39, 0.29) is 6.03 Å². The summed E-state index contributed by atoms with van der Waals surface area (Å²) in [7, 11) is 0. The zero-order valence-electron chi connectivity index (χ0n) is 15.2. The molecule has 2 amide bonds. The summed E-state index contributed by atoms with van der Waals surface area (Å²) >= 11 is 0. The molecular formula is C23H23N3O. The number of hydrogen-bond donors (Lipinski definition) is 2. The SMILES string of the molecule is O=C(NCc1ccc(-c2ccncc2)cc1)NCc1ccc(C2CC2)cc1. The number of urea groups is 1. The Kier molecular flexibility index (Phi) is 5.15. The smallest absolute Gasteiger partial charge is 0.315 e. The number of nitrogens with one attached hydrogen (secondary N) is 2. The van der Waals surface area contributed by atoms with Gasteiger partial charge in [-0.25, -0.2) is 4.79 Å². The molecule has 2 N–H and O–H groups in total. The van der Waals surface area contributed by atoms with Crippen LogP contribution in [-0.4, -0.2) is 11.0 Å². The second-order valence-electron chi connectivity index (χ2n) is 6.98. The fourth-order valence-electron chi connectivity index (χ4n) is 3.11. The second kappa shape index (κ2) is 8.04. The summed E-state index contributed by atoms with van der Waals surface area (Å²) < 4.78 is 0. The first-order valence-corrected chi connectivity index (χ1v) is 9.38. The number of aromatic nitrogens is 1. The molecule has 1 fully saturated rings. The third-order valence-corrected chi connectivity index (χ3v) is 4.90. The van der Waals surface area contributed by atoms with Crippen LogP contribution in [0.5, 0.6) is 0 Å². The van der Waals surface area contributed by atoms with Gasteiger partial charge in [-0.2, -0.15) is 0 Å². The molecule has 0 unspecified atom stereocenters. The Labute approximate surface area is 159 Å². The van der Waals surface area contributed by atoms with Crippen molar-refractivity contribution < 1.29 is 4.79 Å². The summed E-state index contributed by atoms with van der Waals surface area (Å²) in [5, 5.41) is 5.82. The van der Waals surface area contributed by atoms with Crippen molar-refractivity contribution in [1.29, 1.82) is 0 Å². The normalized spacial score (nSPS) is 13.2. The lowest BCUT2D eigenvalue weighted by Crippen LogP contribution is -2.34. The summed E-state index contributed by atoms with van der Waals surface area (Å²) in [5.41, 5.74) is 5.88. The first-order valence-electron chi connectivity index (χ1n) is 9.38. The average Bonchev–Trinajstić information content (AvgIpc) is 3.58. The van der Waals surface area contributed by atoms with Gasteiger partial charge in [0.1, 0.15) is 0 Å². The minimum atomic E-state index is -0.153. The van der Waals surface area contributed by atoms with Gasteiger partial charge in [-0.15, -0.1) is 0 Å². The summed E-state index contributed by atoms with van der Waals surface area (Å²) in [5.74, 6) is 0.764. The van der Waals surface area contributed by atoms with Crippen molar-refractivity contribution in [2.75, 3.05) is 0 Å². The van der Waals surface area contributed by atoms with Gasteiger partial charge in [0, 0.05) is 25.5 Å². The van der Waals surface area contributed by atoms with E-state index in [4.69, 9.17) is 0 Å². The molecule has 4 nitrogen and oxygen atoms in total. The first-order chi connectivity index (χ1) is 13.3. The van der Waals surface area contributed by atoms with Crippen LogP contribution < -0.4 is 10.6 Å². The molecule has 1 aliphatic carbocycles. The van der Waals surface area contributed by atoms with Gasteiger partial charge < -0.3 is 10.6 Å². The minimum absolute atomic E-state index is 0.153. The summed E-state index contributed by atoms with van der Waals surface area (Å²) in [6.07, 6.45) is 6.19. The van der Waals surface area contributed by atoms with Crippen molar-refractivity contribution in [3.05, 3.63) is 89.7 Å². The van der Waals surface area contributed by atoms with Crippen LogP contribution in [0.4, 0.5) is 4.79 Å². The predicted molar refractivity (Wildman–Crippen MR) is 107 cm³/mol. The lowest BCUT2D eigenvalue weighted by Gasteiger charge is -2.09. The molecule has 0 saturated heterocycles. The maximum atomic E-state index is 12.0. The van der Waals surface area contributed by atoms with Crippen molar-refractivity contribution in [2.24, 2.45) is 0 Å². The number of carbonyl (C=O) groups is 1. The van der Waals surface area contributed by atoms with Gasteiger partial charge in [0.25, 0.3) is 0 Å². The van der Waals surface area contributed by atoms with E-state index in [1.54, 1.807) is 12.4 Å². The van der Waals surface area contributed by atoms with Gasteiger partial charge in [0.05, 0.1) is 0 Å². The van der Waals surface area contributed by atoms with E-state index >= 15 is 0 Å². The molecular weight excluding hydrogens is 334 g/mol. The van der Waals surface area contributed by atoms with Crippen LogP contribution >= 0.6 is 0 Å². The minimum Gasteiger partial charge on any atom is -0.334 e. The fraction of sp³-hybridized carbons (Fsp3) is 0.217. The van der Waals surface area contributed by atoms with Crippen LogP contribution in [0.3, 0.4) is 0 Å². The quantitative estimate of drug-likeness (QED) is 0.676. The summed E-state index contributed by atoms with van der Waals surface area (Å²) in [4.78, 5) is 16.1. The van der Waals surface area contributed by atoms with E-state index in [9.17, 15) is 4.79 Å². The van der Waals surface area contributed by atoms with Gasteiger partial charge in [-0.3, -0.25) is 4.98 Å². The van der Waals surface area contributed by atoms with E-state index < -0.39 is 0 Å². The van der Waals surface area contributed by atoms with Gasteiger partial charge >= 0.3 is 6.03 Å². The van der Waals surface area contributed by atoms with Crippen molar-refractivity contribution in [1.82, 2.24) is 15.6 Å². The van der Waals surface area contributed by atoms with Crippen molar-refractivity contribution in [3.8, 4) is 11.1 Å². The van der Waals surface area contributed by atoms with Crippen LogP contribution in [0.2, 0.25) is 0 Å². The molecule has 4 rings (SSSR count). The van der Waals surface area contributed by atoms with E-state index in [1.165, 1.54) is 18.4 Å². The van der Waals surface area contributed by atoms with Gasteiger partial charge in [-0.1, -0.05) is 48.5 Å². The van der Waals surface area contributed by atoms with Crippen molar-refractivity contribution in [2.45, 2.75) is 31.8 Å². The molecule has 2 aromatic carbocycles.